The van der Waals surface area contributed by atoms with Gasteiger partial charge in [-0.25, -0.2) is 4.98 Å². The summed E-state index contributed by atoms with van der Waals surface area (Å²) in [6.07, 6.45) is 3.05. The molecule has 0 saturated heterocycles. The van der Waals surface area contributed by atoms with Crippen molar-refractivity contribution in [3.63, 3.8) is 0 Å². The van der Waals surface area contributed by atoms with Crippen molar-refractivity contribution in [2.24, 2.45) is 5.73 Å². The van der Waals surface area contributed by atoms with Crippen LogP contribution in [0.2, 0.25) is 0 Å². The minimum Gasteiger partial charge on any atom is -0.324 e. The molecule has 0 amide bonds. The van der Waals surface area contributed by atoms with E-state index in [4.69, 9.17) is 5.73 Å². The van der Waals surface area contributed by atoms with Crippen LogP contribution in [0.5, 0.6) is 0 Å². The molecule has 0 saturated carbocycles. The van der Waals surface area contributed by atoms with E-state index in [0.29, 0.717) is 0 Å². The maximum absolute atomic E-state index is 5.72. The normalized spacial score (nSPS) is 12.8. The Labute approximate surface area is 83.9 Å². The summed E-state index contributed by atoms with van der Waals surface area (Å²) < 4.78 is 0. The Kier molecular flexibility index (Phi) is 4.25. The number of rotatable bonds is 4. The van der Waals surface area contributed by atoms with Gasteiger partial charge >= 0.3 is 0 Å². The number of hydrogen-bond acceptors (Lipinski definition) is 3. The van der Waals surface area contributed by atoms with Crippen molar-refractivity contribution in [2.75, 3.05) is 5.75 Å². The quantitative estimate of drug-likeness (QED) is 0.752. The van der Waals surface area contributed by atoms with Gasteiger partial charge in [0, 0.05) is 12.2 Å². The number of nitrogens with zero attached hydrogens (tertiary/aromatic N) is 1. The molecule has 1 heterocycles. The Balaban J connectivity index is 2.59. The average Bonchev–Trinajstić information content (AvgIpc) is 2.15. The predicted molar refractivity (Wildman–Crippen MR) is 57.9 cm³/mol. The van der Waals surface area contributed by atoms with E-state index in [1.807, 2.05) is 19.2 Å². The lowest BCUT2D eigenvalue weighted by Crippen LogP contribution is -2.04. The maximum atomic E-state index is 5.72. The van der Waals surface area contributed by atoms with E-state index in [9.17, 15) is 0 Å². The SMILES string of the molecule is CCCSc1ccc([C@@H](C)N)cn1. The Bertz CT molecular complexity index is 244. The van der Waals surface area contributed by atoms with Gasteiger partial charge in [0.25, 0.3) is 0 Å². The second-order valence-corrected chi connectivity index (χ2v) is 4.18. The number of aromatic nitrogens is 1. The summed E-state index contributed by atoms with van der Waals surface area (Å²) in [5, 5.41) is 1.09. The van der Waals surface area contributed by atoms with Crippen LogP contribution in [0.25, 0.3) is 0 Å². The van der Waals surface area contributed by atoms with Gasteiger partial charge < -0.3 is 5.73 Å². The average molecular weight is 196 g/mol. The minimum atomic E-state index is 0.0812. The van der Waals surface area contributed by atoms with Gasteiger partial charge in [0.05, 0.1) is 5.03 Å². The topological polar surface area (TPSA) is 38.9 Å². The number of nitrogens with two attached hydrogens (primary N) is 1. The number of pyridine rings is 1. The lowest BCUT2D eigenvalue weighted by atomic mass is 10.2. The smallest absolute Gasteiger partial charge is 0.0960 e. The molecular formula is C10H16N2S. The molecule has 1 aromatic heterocycles. The van der Waals surface area contributed by atoms with E-state index in [1.165, 1.54) is 6.42 Å². The first-order valence-electron chi connectivity index (χ1n) is 4.58. The van der Waals surface area contributed by atoms with E-state index >= 15 is 0 Å². The summed E-state index contributed by atoms with van der Waals surface area (Å²) >= 11 is 1.79. The lowest BCUT2D eigenvalue weighted by Gasteiger charge is -2.05. The fraction of sp³-hybridized carbons (Fsp3) is 0.500. The molecule has 3 heteroatoms. The van der Waals surface area contributed by atoms with Crippen LogP contribution in [-0.2, 0) is 0 Å². The molecule has 13 heavy (non-hydrogen) atoms. The van der Waals surface area contributed by atoms with Crippen LogP contribution in [-0.4, -0.2) is 10.7 Å². The van der Waals surface area contributed by atoms with Crippen LogP contribution >= 0.6 is 11.8 Å². The molecule has 1 rings (SSSR count). The fourth-order valence-electron chi connectivity index (χ4n) is 0.953. The summed E-state index contributed by atoms with van der Waals surface area (Å²) in [6.45, 7) is 4.14. The molecule has 0 aliphatic carbocycles. The molecule has 0 radical (unpaired) electrons. The molecule has 0 spiro atoms. The third-order valence-electron chi connectivity index (χ3n) is 1.74. The van der Waals surface area contributed by atoms with Crippen LogP contribution in [0.3, 0.4) is 0 Å². The van der Waals surface area contributed by atoms with Crippen molar-refractivity contribution in [1.82, 2.24) is 4.98 Å². The van der Waals surface area contributed by atoms with Crippen molar-refractivity contribution in [3.8, 4) is 0 Å². The first-order chi connectivity index (χ1) is 6.24. The van der Waals surface area contributed by atoms with Gasteiger partial charge in [-0.05, 0) is 30.7 Å². The zero-order valence-corrected chi connectivity index (χ0v) is 8.97. The maximum Gasteiger partial charge on any atom is 0.0960 e. The van der Waals surface area contributed by atoms with Crippen molar-refractivity contribution < 1.29 is 0 Å². The van der Waals surface area contributed by atoms with Crippen LogP contribution in [0.4, 0.5) is 0 Å². The standard InChI is InChI=1S/C10H16N2S/c1-3-6-13-10-5-4-9(7-12-10)8(2)11/h4-5,7-8H,3,6,11H2,1-2H3/t8-/m1/s1. The predicted octanol–water partition coefficient (Wildman–Crippen LogP) is 2.60. The number of hydrogen-bond donors (Lipinski definition) is 1. The molecule has 1 aromatic rings. The van der Waals surface area contributed by atoms with Crippen LogP contribution < -0.4 is 5.73 Å². The highest BCUT2D eigenvalue weighted by atomic mass is 32.2. The number of thioether (sulfide) groups is 1. The highest BCUT2D eigenvalue weighted by molar-refractivity contribution is 7.99. The highest BCUT2D eigenvalue weighted by Gasteiger charge is 1.99. The third-order valence-corrected chi connectivity index (χ3v) is 2.89. The van der Waals surface area contributed by atoms with Gasteiger partial charge in [-0.3, -0.25) is 0 Å². The zero-order chi connectivity index (χ0) is 9.68. The lowest BCUT2D eigenvalue weighted by molar-refractivity contribution is 0.806. The van der Waals surface area contributed by atoms with Gasteiger partial charge in [0.2, 0.25) is 0 Å². The summed E-state index contributed by atoms with van der Waals surface area (Å²) in [6, 6.07) is 4.17. The molecular weight excluding hydrogens is 180 g/mol. The summed E-state index contributed by atoms with van der Waals surface area (Å²) in [5.41, 5.74) is 6.82. The van der Waals surface area contributed by atoms with Gasteiger partial charge in [-0.1, -0.05) is 13.0 Å². The van der Waals surface area contributed by atoms with Crippen molar-refractivity contribution in [2.45, 2.75) is 31.3 Å². The van der Waals surface area contributed by atoms with E-state index < -0.39 is 0 Å². The molecule has 0 aromatic carbocycles. The summed E-state index contributed by atoms with van der Waals surface area (Å²) in [5.74, 6) is 1.13. The van der Waals surface area contributed by atoms with Crippen LogP contribution in [0.15, 0.2) is 23.4 Å². The summed E-state index contributed by atoms with van der Waals surface area (Å²) in [4.78, 5) is 4.32. The summed E-state index contributed by atoms with van der Waals surface area (Å²) in [7, 11) is 0. The van der Waals surface area contributed by atoms with E-state index in [1.54, 1.807) is 11.8 Å². The third kappa shape index (κ3) is 3.36. The van der Waals surface area contributed by atoms with E-state index in [-0.39, 0.29) is 6.04 Å². The highest BCUT2D eigenvalue weighted by Crippen LogP contribution is 2.17. The van der Waals surface area contributed by atoms with Gasteiger partial charge in [0.1, 0.15) is 0 Å². The van der Waals surface area contributed by atoms with E-state index in [0.717, 1.165) is 16.3 Å². The first-order valence-corrected chi connectivity index (χ1v) is 5.57. The van der Waals surface area contributed by atoms with Gasteiger partial charge in [0.15, 0.2) is 0 Å². The Morgan fingerprint density at radius 1 is 1.54 bits per heavy atom. The molecule has 2 N–H and O–H groups in total. The second-order valence-electron chi connectivity index (χ2n) is 3.07. The molecule has 0 unspecified atom stereocenters. The van der Waals surface area contributed by atoms with Gasteiger partial charge in [-0.2, -0.15) is 0 Å². The van der Waals surface area contributed by atoms with Crippen molar-refractivity contribution in [3.05, 3.63) is 23.9 Å². The Morgan fingerprint density at radius 3 is 2.77 bits per heavy atom. The van der Waals surface area contributed by atoms with Crippen molar-refractivity contribution >= 4 is 11.8 Å². The van der Waals surface area contributed by atoms with E-state index in [2.05, 4.69) is 18.0 Å². The molecule has 0 aliphatic rings. The Morgan fingerprint density at radius 2 is 2.31 bits per heavy atom. The Hall–Kier alpha value is -0.540. The van der Waals surface area contributed by atoms with Crippen molar-refractivity contribution in [1.29, 1.82) is 0 Å². The zero-order valence-electron chi connectivity index (χ0n) is 8.16. The minimum absolute atomic E-state index is 0.0812. The molecule has 72 valence electrons. The molecule has 0 aliphatic heterocycles. The van der Waals surface area contributed by atoms with Crippen LogP contribution in [0, 0.1) is 0 Å². The van der Waals surface area contributed by atoms with Crippen LogP contribution in [0.1, 0.15) is 31.9 Å². The largest absolute Gasteiger partial charge is 0.324 e. The molecule has 2 nitrogen and oxygen atoms in total. The fourth-order valence-corrected chi connectivity index (χ4v) is 1.66. The monoisotopic (exact) mass is 196 g/mol. The second kappa shape index (κ2) is 5.25. The van der Waals surface area contributed by atoms with Gasteiger partial charge in [-0.15, -0.1) is 11.8 Å². The molecule has 0 fully saturated rings. The first kappa shape index (κ1) is 10.5. The molecule has 1 atom stereocenters. The molecule has 0 bridgehead atoms.